The van der Waals surface area contributed by atoms with Crippen molar-refractivity contribution >= 4 is 29.3 Å². The zero-order chi connectivity index (χ0) is 19.3. The van der Waals surface area contributed by atoms with E-state index in [1.165, 1.54) is 11.0 Å². The molecule has 0 aliphatic rings. The topological polar surface area (TPSA) is 62.3 Å². The number of alkyl halides is 3. The molecule has 0 aliphatic heterocycles. The minimum Gasteiger partial charge on any atom is -0.345 e. The summed E-state index contributed by atoms with van der Waals surface area (Å²) < 4.78 is 37.4. The van der Waals surface area contributed by atoms with Crippen LogP contribution in [0.5, 0.6) is 0 Å². The van der Waals surface area contributed by atoms with Crippen molar-refractivity contribution in [2.24, 2.45) is 0 Å². The first-order valence-electron chi connectivity index (χ1n) is 7.44. The molecular formula is C17H16F3N3O2S. The van der Waals surface area contributed by atoms with Crippen molar-refractivity contribution < 1.29 is 22.8 Å². The summed E-state index contributed by atoms with van der Waals surface area (Å²) in [6.45, 7) is 0. The lowest BCUT2D eigenvalue weighted by molar-refractivity contribution is -0.137. The molecule has 0 radical (unpaired) electrons. The molecule has 0 saturated carbocycles. The molecule has 0 saturated heterocycles. The second-order valence-corrected chi connectivity index (χ2v) is 6.49. The Labute approximate surface area is 152 Å². The fraction of sp³-hybridized carbons (Fsp3) is 0.235. The number of nitrogens with one attached hydrogen (secondary N) is 1. The van der Waals surface area contributed by atoms with Gasteiger partial charge in [0.05, 0.1) is 16.3 Å². The number of nitrogens with zero attached hydrogens (tertiary/aromatic N) is 2. The molecule has 1 aromatic heterocycles. The smallest absolute Gasteiger partial charge is 0.345 e. The number of hydrogen-bond acceptors (Lipinski definition) is 4. The molecular weight excluding hydrogens is 367 g/mol. The Morgan fingerprint density at radius 2 is 1.77 bits per heavy atom. The molecule has 0 atom stereocenters. The van der Waals surface area contributed by atoms with Crippen molar-refractivity contribution in [2.45, 2.75) is 11.2 Å². The average molecular weight is 383 g/mol. The third-order valence-corrected chi connectivity index (χ3v) is 4.18. The monoisotopic (exact) mass is 383 g/mol. The molecule has 9 heteroatoms. The first-order valence-corrected chi connectivity index (χ1v) is 8.43. The van der Waals surface area contributed by atoms with Gasteiger partial charge in [0.15, 0.2) is 0 Å². The summed E-state index contributed by atoms with van der Waals surface area (Å²) in [5, 5.41) is 2.97. The highest BCUT2D eigenvalue weighted by molar-refractivity contribution is 7.99. The van der Waals surface area contributed by atoms with Crippen molar-refractivity contribution in [1.29, 1.82) is 0 Å². The Morgan fingerprint density at radius 3 is 2.27 bits per heavy atom. The Balaban J connectivity index is 1.88. The van der Waals surface area contributed by atoms with E-state index in [1.54, 1.807) is 38.4 Å². The largest absolute Gasteiger partial charge is 0.417 e. The number of pyridine rings is 1. The Kier molecular flexibility index (Phi) is 6.25. The SMILES string of the molecule is CN(C)C(=O)c1ccc(NC(=O)CSc2ccc(C(F)(F)F)cn2)cc1. The van der Waals surface area contributed by atoms with Gasteiger partial charge in [0.1, 0.15) is 0 Å². The average Bonchev–Trinajstić information content (AvgIpc) is 2.59. The number of benzene rings is 1. The van der Waals surface area contributed by atoms with Crippen molar-refractivity contribution in [3.05, 3.63) is 53.7 Å². The van der Waals surface area contributed by atoms with Gasteiger partial charge in [0, 0.05) is 31.5 Å². The molecule has 26 heavy (non-hydrogen) atoms. The minimum atomic E-state index is -4.44. The number of rotatable bonds is 5. The number of anilines is 1. The molecule has 0 spiro atoms. The van der Waals surface area contributed by atoms with E-state index in [-0.39, 0.29) is 17.6 Å². The third-order valence-electron chi connectivity index (χ3n) is 3.24. The van der Waals surface area contributed by atoms with E-state index in [2.05, 4.69) is 10.3 Å². The van der Waals surface area contributed by atoms with Gasteiger partial charge in [0.25, 0.3) is 5.91 Å². The summed E-state index contributed by atoms with van der Waals surface area (Å²) in [5.41, 5.74) is 0.182. The molecule has 2 aromatic rings. The molecule has 1 aromatic carbocycles. The van der Waals surface area contributed by atoms with Crippen LogP contribution in [0.4, 0.5) is 18.9 Å². The lowest BCUT2D eigenvalue weighted by Gasteiger charge is -2.11. The predicted molar refractivity (Wildman–Crippen MR) is 93.1 cm³/mol. The van der Waals surface area contributed by atoms with Gasteiger partial charge in [0.2, 0.25) is 5.91 Å². The molecule has 5 nitrogen and oxygen atoms in total. The van der Waals surface area contributed by atoms with E-state index >= 15 is 0 Å². The fourth-order valence-electron chi connectivity index (χ4n) is 1.92. The van der Waals surface area contributed by atoms with E-state index in [9.17, 15) is 22.8 Å². The second-order valence-electron chi connectivity index (χ2n) is 5.50. The Hall–Kier alpha value is -2.55. The van der Waals surface area contributed by atoms with Gasteiger partial charge in [-0.05, 0) is 36.4 Å². The van der Waals surface area contributed by atoms with Crippen molar-refractivity contribution in [3.63, 3.8) is 0 Å². The van der Waals surface area contributed by atoms with Gasteiger partial charge in [-0.15, -0.1) is 0 Å². The summed E-state index contributed by atoms with van der Waals surface area (Å²) in [6.07, 6.45) is -3.70. The second kappa shape index (κ2) is 8.22. The highest BCUT2D eigenvalue weighted by Gasteiger charge is 2.30. The van der Waals surface area contributed by atoms with Crippen LogP contribution < -0.4 is 5.32 Å². The van der Waals surface area contributed by atoms with Crippen LogP contribution in [-0.4, -0.2) is 41.5 Å². The maximum absolute atomic E-state index is 12.5. The van der Waals surface area contributed by atoms with Gasteiger partial charge in [-0.1, -0.05) is 11.8 Å². The van der Waals surface area contributed by atoms with Crippen LogP contribution in [0, 0.1) is 0 Å². The molecule has 138 valence electrons. The number of aromatic nitrogens is 1. The number of hydrogen-bond donors (Lipinski definition) is 1. The van der Waals surface area contributed by atoms with Crippen LogP contribution in [-0.2, 0) is 11.0 Å². The van der Waals surface area contributed by atoms with E-state index in [0.717, 1.165) is 24.0 Å². The van der Waals surface area contributed by atoms with Gasteiger partial charge in [-0.2, -0.15) is 13.2 Å². The Morgan fingerprint density at radius 1 is 1.12 bits per heavy atom. The maximum atomic E-state index is 12.5. The van der Waals surface area contributed by atoms with Gasteiger partial charge in [-0.25, -0.2) is 4.98 Å². The number of halogens is 3. The van der Waals surface area contributed by atoms with Crippen LogP contribution in [0.25, 0.3) is 0 Å². The van der Waals surface area contributed by atoms with Crippen molar-refractivity contribution in [3.8, 4) is 0 Å². The molecule has 1 N–H and O–H groups in total. The predicted octanol–water partition coefficient (Wildman–Crippen LogP) is 3.53. The molecule has 2 amide bonds. The van der Waals surface area contributed by atoms with Crippen LogP contribution in [0.2, 0.25) is 0 Å². The summed E-state index contributed by atoms with van der Waals surface area (Å²) >= 11 is 1.03. The summed E-state index contributed by atoms with van der Waals surface area (Å²) in [5.74, 6) is -0.480. The summed E-state index contributed by atoms with van der Waals surface area (Å²) in [4.78, 5) is 28.8. The molecule has 0 aliphatic carbocycles. The number of carbonyl (C=O) groups excluding carboxylic acids is 2. The van der Waals surface area contributed by atoms with Gasteiger partial charge < -0.3 is 10.2 Å². The van der Waals surface area contributed by atoms with Gasteiger partial charge >= 0.3 is 6.18 Å². The zero-order valence-electron chi connectivity index (χ0n) is 14.0. The van der Waals surface area contributed by atoms with Crippen molar-refractivity contribution in [1.82, 2.24) is 9.88 Å². The van der Waals surface area contributed by atoms with Crippen LogP contribution in [0.1, 0.15) is 15.9 Å². The van der Waals surface area contributed by atoms with Crippen LogP contribution >= 0.6 is 11.8 Å². The van der Waals surface area contributed by atoms with Gasteiger partial charge in [-0.3, -0.25) is 9.59 Å². The molecule has 0 unspecified atom stereocenters. The highest BCUT2D eigenvalue weighted by Crippen LogP contribution is 2.29. The van der Waals surface area contributed by atoms with E-state index < -0.39 is 11.7 Å². The zero-order valence-corrected chi connectivity index (χ0v) is 14.8. The quantitative estimate of drug-likeness (QED) is 0.803. The number of thioether (sulfide) groups is 1. The summed E-state index contributed by atoms with van der Waals surface area (Å²) in [6, 6.07) is 8.56. The third kappa shape index (κ3) is 5.48. The normalized spacial score (nSPS) is 11.1. The molecule has 0 bridgehead atoms. The first-order chi connectivity index (χ1) is 12.2. The van der Waals surface area contributed by atoms with Crippen LogP contribution in [0.15, 0.2) is 47.6 Å². The maximum Gasteiger partial charge on any atom is 0.417 e. The standard InChI is InChI=1S/C17H16F3N3O2S/c1-23(2)16(25)11-3-6-13(7-4-11)22-14(24)10-26-15-8-5-12(9-21-15)17(18,19)20/h3-9H,10H2,1-2H3,(H,22,24). The summed E-state index contributed by atoms with van der Waals surface area (Å²) in [7, 11) is 3.29. The number of amides is 2. The van der Waals surface area contributed by atoms with Crippen molar-refractivity contribution in [2.75, 3.05) is 25.2 Å². The minimum absolute atomic E-state index is 0.00323. The molecule has 2 rings (SSSR count). The van der Waals surface area contributed by atoms with E-state index in [4.69, 9.17) is 0 Å². The molecule has 0 fully saturated rings. The Bertz CT molecular complexity index is 775. The fourth-order valence-corrected chi connectivity index (χ4v) is 2.57. The van der Waals surface area contributed by atoms with Crippen LogP contribution in [0.3, 0.4) is 0 Å². The van der Waals surface area contributed by atoms with E-state index in [1.807, 2.05) is 0 Å². The first kappa shape index (κ1) is 19.8. The number of carbonyl (C=O) groups is 2. The highest BCUT2D eigenvalue weighted by atomic mass is 32.2. The van der Waals surface area contributed by atoms with E-state index in [0.29, 0.717) is 16.3 Å². The molecule has 1 heterocycles. The lowest BCUT2D eigenvalue weighted by atomic mass is 10.2. The lowest BCUT2D eigenvalue weighted by Crippen LogP contribution is -2.21.